The highest BCUT2D eigenvalue weighted by molar-refractivity contribution is 6.31. The van der Waals surface area contributed by atoms with Crippen molar-refractivity contribution >= 4 is 29.1 Å². The van der Waals surface area contributed by atoms with Gasteiger partial charge in [-0.3, -0.25) is 0 Å². The van der Waals surface area contributed by atoms with Gasteiger partial charge in [0.05, 0.1) is 0 Å². The molecule has 0 atom stereocenters. The molecule has 0 aromatic heterocycles. The zero-order valence-corrected chi connectivity index (χ0v) is 23.2. The number of aryl methyl sites for hydroxylation is 2. The average molecular weight is 496 g/mol. The fourth-order valence-electron chi connectivity index (χ4n) is 5.10. The molecule has 2 heteroatoms. The summed E-state index contributed by atoms with van der Waals surface area (Å²) in [5.74, 6) is 0. The molecule has 186 valence electrons. The molecule has 0 heterocycles. The minimum atomic E-state index is 0.0743. The van der Waals surface area contributed by atoms with Gasteiger partial charge in [-0.05, 0) is 102 Å². The van der Waals surface area contributed by atoms with Crippen LogP contribution >= 0.6 is 11.6 Å². The van der Waals surface area contributed by atoms with E-state index in [4.69, 9.17) is 11.6 Å². The van der Waals surface area contributed by atoms with Crippen molar-refractivity contribution in [3.8, 4) is 0 Å². The van der Waals surface area contributed by atoms with Gasteiger partial charge in [0, 0.05) is 22.6 Å². The Labute approximate surface area is 222 Å². The first kappa shape index (κ1) is 26.0. The van der Waals surface area contributed by atoms with Crippen LogP contribution in [0.4, 0.5) is 11.4 Å². The van der Waals surface area contributed by atoms with Crippen LogP contribution in [0.15, 0.2) is 102 Å². The molecule has 3 aromatic rings. The summed E-state index contributed by atoms with van der Waals surface area (Å²) in [5.41, 5.74) is 8.77. The zero-order chi connectivity index (χ0) is 25.9. The third-order valence-electron chi connectivity index (χ3n) is 7.34. The molecule has 36 heavy (non-hydrogen) atoms. The van der Waals surface area contributed by atoms with E-state index in [1.807, 2.05) is 12.1 Å². The van der Waals surface area contributed by atoms with E-state index < -0.39 is 0 Å². The molecule has 1 aliphatic carbocycles. The van der Waals surface area contributed by atoms with Gasteiger partial charge in [0.15, 0.2) is 0 Å². The Morgan fingerprint density at radius 3 is 1.94 bits per heavy atom. The smallest absolute Gasteiger partial charge is 0.0472 e. The second kappa shape index (κ2) is 10.5. The van der Waals surface area contributed by atoms with Crippen molar-refractivity contribution in [3.63, 3.8) is 0 Å². The highest BCUT2D eigenvalue weighted by Gasteiger charge is 2.37. The minimum Gasteiger partial charge on any atom is -0.317 e. The summed E-state index contributed by atoms with van der Waals surface area (Å²) in [4.78, 5) is 2.26. The molecule has 4 rings (SSSR count). The van der Waals surface area contributed by atoms with Crippen molar-refractivity contribution in [2.45, 2.75) is 54.4 Å². The second-order valence-electron chi connectivity index (χ2n) is 11.4. The Morgan fingerprint density at radius 1 is 0.667 bits per heavy atom. The molecule has 0 fully saturated rings. The predicted octanol–water partition coefficient (Wildman–Crippen LogP) is 10.5. The summed E-state index contributed by atoms with van der Waals surface area (Å²) >= 11 is 6.50. The van der Waals surface area contributed by atoms with Gasteiger partial charge in [0.2, 0.25) is 0 Å². The largest absolute Gasteiger partial charge is 0.317 e. The van der Waals surface area contributed by atoms with Crippen LogP contribution in [0, 0.1) is 24.7 Å². The van der Waals surface area contributed by atoms with Crippen LogP contribution in [-0.2, 0) is 0 Å². The lowest BCUT2D eigenvalue weighted by Crippen LogP contribution is -2.30. The lowest BCUT2D eigenvalue weighted by molar-refractivity contribution is 0.273. The lowest BCUT2D eigenvalue weighted by atomic mass is 9.63. The standard InChI is InChI=1S/C34H38ClN/c1-25-11-10-14-29(22-25)36(30-23-26(2)21-28(35)24-30)20-17-32-31(16-15-27-12-8-7-9-13-27)33(3,4)18-19-34(32,5)6/h7-17,20-24H,18-19H2,1-6H3/b16-15+,20-17+. The van der Waals surface area contributed by atoms with Crippen LogP contribution < -0.4 is 4.90 Å². The number of nitrogens with zero attached hydrogens (tertiary/aromatic N) is 1. The Bertz CT molecular complexity index is 1290. The number of benzene rings is 3. The fraction of sp³-hybridized carbons (Fsp3) is 0.294. The molecule has 0 radical (unpaired) electrons. The maximum Gasteiger partial charge on any atom is 0.0472 e. The Balaban J connectivity index is 1.85. The number of halogens is 1. The third kappa shape index (κ3) is 6.02. The van der Waals surface area contributed by atoms with Crippen molar-refractivity contribution in [1.29, 1.82) is 0 Å². The van der Waals surface area contributed by atoms with Crippen molar-refractivity contribution in [2.75, 3.05) is 4.90 Å². The van der Waals surface area contributed by atoms with E-state index in [1.54, 1.807) is 0 Å². The van der Waals surface area contributed by atoms with Crippen molar-refractivity contribution < 1.29 is 0 Å². The van der Waals surface area contributed by atoms with Crippen molar-refractivity contribution in [3.05, 3.63) is 124 Å². The van der Waals surface area contributed by atoms with Gasteiger partial charge >= 0.3 is 0 Å². The molecule has 0 saturated heterocycles. The molecule has 0 unspecified atom stereocenters. The van der Waals surface area contributed by atoms with Gasteiger partial charge < -0.3 is 4.90 Å². The minimum absolute atomic E-state index is 0.0743. The summed E-state index contributed by atoms with van der Waals surface area (Å²) in [6, 6.07) is 25.5. The Morgan fingerprint density at radius 2 is 1.31 bits per heavy atom. The first-order chi connectivity index (χ1) is 17.0. The van der Waals surface area contributed by atoms with Crippen LogP contribution in [0.25, 0.3) is 6.08 Å². The van der Waals surface area contributed by atoms with Gasteiger partial charge in [-0.1, -0.05) is 93.9 Å². The molecular weight excluding hydrogens is 458 g/mol. The summed E-state index contributed by atoms with van der Waals surface area (Å²) in [5, 5.41) is 0.751. The molecule has 3 aromatic carbocycles. The third-order valence-corrected chi connectivity index (χ3v) is 7.56. The normalized spacial score (nSPS) is 17.2. The van der Waals surface area contributed by atoms with Gasteiger partial charge in [-0.2, -0.15) is 0 Å². The number of hydrogen-bond donors (Lipinski definition) is 0. The van der Waals surface area contributed by atoms with E-state index in [0.29, 0.717) is 0 Å². The number of hydrogen-bond acceptors (Lipinski definition) is 1. The second-order valence-corrected chi connectivity index (χ2v) is 11.8. The summed E-state index contributed by atoms with van der Waals surface area (Å²) < 4.78 is 0. The van der Waals surface area contributed by atoms with E-state index in [-0.39, 0.29) is 10.8 Å². The maximum absolute atomic E-state index is 6.50. The first-order valence-electron chi connectivity index (χ1n) is 12.8. The predicted molar refractivity (Wildman–Crippen MR) is 158 cm³/mol. The topological polar surface area (TPSA) is 3.24 Å². The molecular formula is C34H38ClN. The van der Waals surface area contributed by atoms with Gasteiger partial charge in [0.25, 0.3) is 0 Å². The Hall–Kier alpha value is -3.03. The summed E-state index contributed by atoms with van der Waals surface area (Å²) in [6.45, 7) is 13.7. The average Bonchev–Trinajstić information content (AvgIpc) is 2.81. The van der Waals surface area contributed by atoms with Crippen LogP contribution in [0.5, 0.6) is 0 Å². The van der Waals surface area contributed by atoms with Gasteiger partial charge in [0.1, 0.15) is 0 Å². The van der Waals surface area contributed by atoms with Crippen LogP contribution in [0.1, 0.15) is 57.2 Å². The monoisotopic (exact) mass is 495 g/mol. The maximum atomic E-state index is 6.50. The highest BCUT2D eigenvalue weighted by Crippen LogP contribution is 2.50. The van der Waals surface area contributed by atoms with E-state index >= 15 is 0 Å². The van der Waals surface area contributed by atoms with E-state index in [2.05, 4.69) is 132 Å². The van der Waals surface area contributed by atoms with Crippen molar-refractivity contribution in [1.82, 2.24) is 0 Å². The quantitative estimate of drug-likeness (QED) is 0.328. The van der Waals surface area contributed by atoms with E-state index in [1.165, 1.54) is 28.7 Å². The molecule has 1 nitrogen and oxygen atoms in total. The van der Waals surface area contributed by atoms with E-state index in [0.717, 1.165) is 28.4 Å². The van der Waals surface area contributed by atoms with Crippen LogP contribution in [0.3, 0.4) is 0 Å². The molecule has 0 saturated carbocycles. The molecule has 0 N–H and O–H groups in total. The molecule has 0 spiro atoms. The molecule has 0 aliphatic heterocycles. The first-order valence-corrected chi connectivity index (χ1v) is 13.2. The highest BCUT2D eigenvalue weighted by atomic mass is 35.5. The van der Waals surface area contributed by atoms with Crippen LogP contribution in [-0.4, -0.2) is 0 Å². The summed E-state index contributed by atoms with van der Waals surface area (Å²) in [7, 11) is 0. The zero-order valence-electron chi connectivity index (χ0n) is 22.5. The summed E-state index contributed by atoms with van der Waals surface area (Å²) in [6.07, 6.45) is 11.5. The number of anilines is 2. The van der Waals surface area contributed by atoms with Crippen LogP contribution in [0.2, 0.25) is 5.02 Å². The molecule has 0 amide bonds. The molecule has 0 bridgehead atoms. The SMILES string of the molecule is Cc1cccc(N(/C=C/C2=C(/C=C/c3ccccc3)C(C)(C)CCC2(C)C)c2cc(C)cc(Cl)c2)c1. The van der Waals surface area contributed by atoms with Gasteiger partial charge in [-0.15, -0.1) is 0 Å². The van der Waals surface area contributed by atoms with Gasteiger partial charge in [-0.25, -0.2) is 0 Å². The fourth-order valence-corrected chi connectivity index (χ4v) is 5.39. The molecule has 1 aliphatic rings. The lowest BCUT2D eigenvalue weighted by Gasteiger charge is -2.42. The number of rotatable bonds is 6. The van der Waals surface area contributed by atoms with Crippen molar-refractivity contribution in [2.24, 2.45) is 10.8 Å². The van der Waals surface area contributed by atoms with E-state index in [9.17, 15) is 0 Å². The number of allylic oxidation sites excluding steroid dienone is 4. The Kier molecular flexibility index (Phi) is 7.62.